The van der Waals surface area contributed by atoms with Crippen LogP contribution in [0.1, 0.15) is 37.4 Å². The van der Waals surface area contributed by atoms with Crippen LogP contribution in [0.25, 0.3) is 0 Å². The maximum atomic E-state index is 12.5. The minimum atomic E-state index is -0.0540. The Kier molecular flexibility index (Phi) is 1.96. The van der Waals surface area contributed by atoms with Crippen molar-refractivity contribution in [2.24, 2.45) is 0 Å². The summed E-state index contributed by atoms with van der Waals surface area (Å²) in [5.74, 6) is -0.0957. The van der Waals surface area contributed by atoms with Gasteiger partial charge in [-0.15, -0.1) is 0 Å². The average molecular weight is 249 g/mol. The van der Waals surface area contributed by atoms with Crippen molar-refractivity contribution in [3.63, 3.8) is 0 Å². The van der Waals surface area contributed by atoms with Gasteiger partial charge in [0.1, 0.15) is 0 Å². The van der Waals surface area contributed by atoms with E-state index in [9.17, 15) is 9.59 Å². The molecule has 92 valence electrons. The second-order valence-corrected chi connectivity index (χ2v) is 4.94. The van der Waals surface area contributed by atoms with Gasteiger partial charge in [0.2, 0.25) is 0 Å². The quantitative estimate of drug-likeness (QED) is 0.665. The van der Waals surface area contributed by atoms with Gasteiger partial charge in [-0.1, -0.05) is 24.3 Å². The van der Waals surface area contributed by atoms with Gasteiger partial charge in [-0.2, -0.15) is 0 Å². The van der Waals surface area contributed by atoms with E-state index in [1.54, 1.807) is 24.3 Å². The Labute approximate surface area is 110 Å². The van der Waals surface area contributed by atoms with Crippen LogP contribution in [-0.2, 0) is 6.42 Å². The van der Waals surface area contributed by atoms with E-state index in [1.807, 2.05) is 12.1 Å². The highest BCUT2D eigenvalue weighted by molar-refractivity contribution is 6.28. The Bertz CT molecular complexity index is 684. The first-order valence-corrected chi connectivity index (χ1v) is 6.35. The topological polar surface area (TPSA) is 46.2 Å². The van der Waals surface area contributed by atoms with Gasteiger partial charge in [0.05, 0.1) is 0 Å². The first kappa shape index (κ1) is 10.5. The summed E-state index contributed by atoms with van der Waals surface area (Å²) in [4.78, 5) is 25.0. The van der Waals surface area contributed by atoms with Gasteiger partial charge in [0.15, 0.2) is 11.6 Å². The van der Waals surface area contributed by atoms with E-state index in [-0.39, 0.29) is 11.6 Å². The fraction of sp³-hybridized carbons (Fsp3) is 0.125. The molecule has 3 nitrogen and oxygen atoms in total. The van der Waals surface area contributed by atoms with Crippen molar-refractivity contribution in [3.05, 3.63) is 64.2 Å². The van der Waals surface area contributed by atoms with E-state index in [0.29, 0.717) is 22.3 Å². The normalized spacial score (nSPS) is 15.6. The maximum Gasteiger partial charge on any atom is 0.194 e. The first-order valence-electron chi connectivity index (χ1n) is 6.35. The smallest absolute Gasteiger partial charge is 0.194 e. The number of benzene rings is 2. The Hall–Kier alpha value is -2.42. The van der Waals surface area contributed by atoms with Crippen LogP contribution >= 0.6 is 0 Å². The van der Waals surface area contributed by atoms with Crippen molar-refractivity contribution >= 4 is 17.3 Å². The highest BCUT2D eigenvalue weighted by atomic mass is 16.1. The zero-order valence-electron chi connectivity index (χ0n) is 10.2. The third kappa shape index (κ3) is 1.32. The number of carbonyl (C=O) groups is 2. The lowest BCUT2D eigenvalue weighted by Crippen LogP contribution is -2.21. The standard InChI is InChI=1S/C16H11NO2/c18-15-10-3-1-2-4-11(10)16(19)13-8-14-9(5-6-17-14)7-12(13)15/h1-4,7-8,17H,5-6H2. The first-order chi connectivity index (χ1) is 9.25. The molecule has 0 bridgehead atoms. The SMILES string of the molecule is O=C1c2ccccc2C(=O)c2cc3c(cc21)CCN3. The fourth-order valence-corrected chi connectivity index (χ4v) is 2.89. The predicted molar refractivity (Wildman–Crippen MR) is 71.9 cm³/mol. The molecular formula is C16H11NO2. The monoisotopic (exact) mass is 249 g/mol. The maximum absolute atomic E-state index is 12.5. The highest BCUT2D eigenvalue weighted by Crippen LogP contribution is 2.33. The van der Waals surface area contributed by atoms with Crippen molar-refractivity contribution in [2.45, 2.75) is 6.42 Å². The second kappa shape index (κ2) is 3.54. The molecule has 4 rings (SSSR count). The summed E-state index contributed by atoms with van der Waals surface area (Å²) in [5.41, 5.74) is 4.21. The number of anilines is 1. The van der Waals surface area contributed by atoms with E-state index >= 15 is 0 Å². The van der Waals surface area contributed by atoms with E-state index in [4.69, 9.17) is 0 Å². The van der Waals surface area contributed by atoms with Crippen LogP contribution in [0.3, 0.4) is 0 Å². The lowest BCUT2D eigenvalue weighted by Gasteiger charge is -2.18. The zero-order valence-corrected chi connectivity index (χ0v) is 10.2. The van der Waals surface area contributed by atoms with Crippen LogP contribution in [0.4, 0.5) is 5.69 Å². The van der Waals surface area contributed by atoms with Gasteiger partial charge in [-0.25, -0.2) is 0 Å². The molecule has 1 heterocycles. The molecule has 1 N–H and O–H groups in total. The van der Waals surface area contributed by atoms with Gasteiger partial charge in [0, 0.05) is 34.5 Å². The molecule has 0 atom stereocenters. The van der Waals surface area contributed by atoms with Crippen molar-refractivity contribution in [1.82, 2.24) is 0 Å². The number of hydrogen-bond donors (Lipinski definition) is 1. The molecule has 3 heteroatoms. The van der Waals surface area contributed by atoms with Crippen LogP contribution in [0, 0.1) is 0 Å². The molecule has 2 aromatic carbocycles. The number of carbonyl (C=O) groups excluding carboxylic acids is 2. The second-order valence-electron chi connectivity index (χ2n) is 4.94. The number of hydrogen-bond acceptors (Lipinski definition) is 3. The van der Waals surface area contributed by atoms with E-state index < -0.39 is 0 Å². The third-order valence-corrected chi connectivity index (χ3v) is 3.86. The summed E-state index contributed by atoms with van der Waals surface area (Å²) in [6.07, 6.45) is 0.908. The number of rotatable bonds is 0. The molecule has 2 aromatic rings. The Morgan fingerprint density at radius 3 is 2.16 bits per heavy atom. The summed E-state index contributed by atoms with van der Waals surface area (Å²) in [6, 6.07) is 10.7. The van der Waals surface area contributed by atoms with E-state index in [0.717, 1.165) is 24.2 Å². The van der Waals surface area contributed by atoms with Gasteiger partial charge in [-0.05, 0) is 24.1 Å². The summed E-state index contributed by atoms with van der Waals surface area (Å²) in [7, 11) is 0. The van der Waals surface area contributed by atoms with Crippen molar-refractivity contribution in [2.75, 3.05) is 11.9 Å². The molecule has 0 fully saturated rings. The molecular weight excluding hydrogens is 238 g/mol. The molecule has 0 saturated carbocycles. The Morgan fingerprint density at radius 2 is 1.47 bits per heavy atom. The average Bonchev–Trinajstić information content (AvgIpc) is 2.90. The minimum absolute atomic E-state index is 0.0418. The molecule has 0 unspecified atom stereocenters. The number of ketones is 2. The van der Waals surface area contributed by atoms with Gasteiger partial charge in [0.25, 0.3) is 0 Å². The number of nitrogens with one attached hydrogen (secondary N) is 1. The van der Waals surface area contributed by atoms with Gasteiger partial charge >= 0.3 is 0 Å². The Balaban J connectivity index is 2.01. The van der Waals surface area contributed by atoms with E-state index in [1.165, 1.54) is 0 Å². The minimum Gasteiger partial charge on any atom is -0.384 e. The summed E-state index contributed by atoms with van der Waals surface area (Å²) < 4.78 is 0. The molecule has 1 aliphatic heterocycles. The molecule has 0 spiro atoms. The predicted octanol–water partition coefficient (Wildman–Crippen LogP) is 2.43. The van der Waals surface area contributed by atoms with E-state index in [2.05, 4.69) is 5.32 Å². The van der Waals surface area contributed by atoms with Gasteiger partial charge < -0.3 is 5.32 Å². The molecule has 0 radical (unpaired) electrons. The van der Waals surface area contributed by atoms with Crippen LogP contribution in [0.5, 0.6) is 0 Å². The fourth-order valence-electron chi connectivity index (χ4n) is 2.89. The molecule has 19 heavy (non-hydrogen) atoms. The van der Waals surface area contributed by atoms with Crippen molar-refractivity contribution in [3.8, 4) is 0 Å². The van der Waals surface area contributed by atoms with Crippen LogP contribution in [-0.4, -0.2) is 18.1 Å². The zero-order chi connectivity index (χ0) is 13.0. The number of fused-ring (bicyclic) bond motifs is 3. The Morgan fingerprint density at radius 1 is 0.842 bits per heavy atom. The van der Waals surface area contributed by atoms with Crippen molar-refractivity contribution < 1.29 is 9.59 Å². The molecule has 1 aliphatic carbocycles. The van der Waals surface area contributed by atoms with Crippen LogP contribution in [0.2, 0.25) is 0 Å². The summed E-state index contributed by atoms with van der Waals surface area (Å²) in [6.45, 7) is 0.869. The molecule has 0 saturated heterocycles. The van der Waals surface area contributed by atoms with Crippen LogP contribution < -0.4 is 5.32 Å². The highest BCUT2D eigenvalue weighted by Gasteiger charge is 2.30. The molecule has 0 amide bonds. The largest absolute Gasteiger partial charge is 0.384 e. The van der Waals surface area contributed by atoms with Gasteiger partial charge in [-0.3, -0.25) is 9.59 Å². The lowest BCUT2D eigenvalue weighted by atomic mass is 9.83. The van der Waals surface area contributed by atoms with Crippen molar-refractivity contribution in [1.29, 1.82) is 0 Å². The molecule has 0 aromatic heterocycles. The van der Waals surface area contributed by atoms with Crippen LogP contribution in [0.15, 0.2) is 36.4 Å². The molecule has 2 aliphatic rings. The third-order valence-electron chi connectivity index (χ3n) is 3.86. The summed E-state index contributed by atoms with van der Waals surface area (Å²) in [5, 5.41) is 3.25. The lowest BCUT2D eigenvalue weighted by molar-refractivity contribution is 0.0979. The summed E-state index contributed by atoms with van der Waals surface area (Å²) >= 11 is 0.